The van der Waals surface area contributed by atoms with Gasteiger partial charge in [-0.3, -0.25) is 14.7 Å². The summed E-state index contributed by atoms with van der Waals surface area (Å²) < 4.78 is 11.4. The molecule has 0 spiro atoms. The molecule has 1 fully saturated rings. The highest BCUT2D eigenvalue weighted by molar-refractivity contribution is 6.31. The minimum atomic E-state index is -1.02. The number of likely N-dealkylation sites (tertiary alicyclic amines) is 1. The number of hydrogen-bond donors (Lipinski definition) is 1. The number of carbonyl (C=O) groups excluding carboxylic acids is 2. The maximum atomic E-state index is 13.1. The molecular formula is C25H30ClN3O6. The van der Waals surface area contributed by atoms with Crippen LogP contribution in [-0.4, -0.2) is 64.3 Å². The fraction of sp³-hybridized carbons (Fsp3) is 0.440. The van der Waals surface area contributed by atoms with E-state index < -0.39 is 29.6 Å². The monoisotopic (exact) mass is 503 g/mol. The summed E-state index contributed by atoms with van der Waals surface area (Å²) in [6, 6.07) is 7.12. The molecule has 10 heteroatoms. The maximum Gasteiger partial charge on any atom is 0.414 e. The molecule has 1 aromatic carbocycles. The Hall–Kier alpha value is -3.33. The summed E-state index contributed by atoms with van der Waals surface area (Å²) in [4.78, 5) is 44.2. The summed E-state index contributed by atoms with van der Waals surface area (Å²) in [5, 5.41) is 9.79. The van der Waals surface area contributed by atoms with Crippen molar-refractivity contribution in [2.75, 3.05) is 24.6 Å². The highest BCUT2D eigenvalue weighted by atomic mass is 35.5. The number of carboxylic acid groups (broad SMARTS) is 1. The number of hydrogen-bond acceptors (Lipinski definition) is 6. The molecule has 1 N–H and O–H groups in total. The predicted octanol–water partition coefficient (Wildman–Crippen LogP) is 4.63. The first kappa shape index (κ1) is 26.3. The molecule has 0 radical (unpaired) electrons. The first-order valence-electron chi connectivity index (χ1n) is 11.4. The summed E-state index contributed by atoms with van der Waals surface area (Å²) >= 11 is 6.23. The molecule has 2 amide bonds. The van der Waals surface area contributed by atoms with Gasteiger partial charge in [0.15, 0.2) is 0 Å². The van der Waals surface area contributed by atoms with E-state index in [1.54, 1.807) is 51.4 Å². The molecule has 35 heavy (non-hydrogen) atoms. The second-order valence-electron chi connectivity index (χ2n) is 9.21. The normalized spacial score (nSPS) is 15.9. The Bertz CT molecular complexity index is 1060. The van der Waals surface area contributed by atoms with Crippen LogP contribution in [0.4, 0.5) is 10.5 Å². The van der Waals surface area contributed by atoms with Gasteiger partial charge in [0.2, 0.25) is 0 Å². The number of carbonyl (C=O) groups is 3. The van der Waals surface area contributed by atoms with E-state index in [0.717, 1.165) is 12.8 Å². The van der Waals surface area contributed by atoms with Crippen molar-refractivity contribution in [2.24, 2.45) is 0 Å². The highest BCUT2D eigenvalue weighted by Gasteiger charge is 2.32. The maximum absolute atomic E-state index is 13.1. The number of pyridine rings is 1. The van der Waals surface area contributed by atoms with E-state index in [4.69, 9.17) is 21.1 Å². The average Bonchev–Trinajstić information content (AvgIpc) is 2.80. The number of carboxylic acids is 1. The van der Waals surface area contributed by atoms with Gasteiger partial charge in [0.25, 0.3) is 5.91 Å². The Morgan fingerprint density at radius 3 is 2.54 bits per heavy atom. The number of halogens is 1. The predicted molar refractivity (Wildman–Crippen MR) is 131 cm³/mol. The molecule has 1 saturated heterocycles. The second-order valence-corrected chi connectivity index (χ2v) is 9.65. The van der Waals surface area contributed by atoms with E-state index in [1.807, 2.05) is 0 Å². The zero-order valence-corrected chi connectivity index (χ0v) is 20.8. The number of rotatable bonds is 7. The number of ether oxygens (including phenoxy) is 2. The first-order chi connectivity index (χ1) is 16.5. The fourth-order valence-electron chi connectivity index (χ4n) is 3.79. The van der Waals surface area contributed by atoms with Gasteiger partial charge in [0, 0.05) is 29.5 Å². The molecule has 1 atom stereocenters. The SMILES string of the molecule is CC(C)(C)OC(=O)N(CCOc1cc(Cl)cc(C(=O)N2CCCCC2C(=O)O)c1)c1ccncc1. The van der Waals surface area contributed by atoms with E-state index in [-0.39, 0.29) is 23.7 Å². The summed E-state index contributed by atoms with van der Waals surface area (Å²) in [7, 11) is 0. The van der Waals surface area contributed by atoms with Crippen LogP contribution in [0.5, 0.6) is 5.75 Å². The van der Waals surface area contributed by atoms with E-state index in [0.29, 0.717) is 24.4 Å². The van der Waals surface area contributed by atoms with Crippen molar-refractivity contribution in [1.29, 1.82) is 0 Å². The lowest BCUT2D eigenvalue weighted by molar-refractivity contribution is -0.143. The molecule has 9 nitrogen and oxygen atoms in total. The van der Waals surface area contributed by atoms with E-state index in [2.05, 4.69) is 4.98 Å². The molecule has 2 aromatic rings. The van der Waals surface area contributed by atoms with Gasteiger partial charge < -0.3 is 19.5 Å². The molecule has 3 rings (SSSR count). The van der Waals surface area contributed by atoms with Crippen molar-refractivity contribution in [3.05, 3.63) is 53.3 Å². The van der Waals surface area contributed by atoms with E-state index >= 15 is 0 Å². The van der Waals surface area contributed by atoms with Crippen molar-refractivity contribution in [3.63, 3.8) is 0 Å². The van der Waals surface area contributed by atoms with Gasteiger partial charge in [-0.25, -0.2) is 9.59 Å². The Balaban J connectivity index is 1.72. The summed E-state index contributed by atoms with van der Waals surface area (Å²) in [6.45, 7) is 5.99. The smallest absolute Gasteiger partial charge is 0.414 e. The number of amides is 2. The van der Waals surface area contributed by atoms with Gasteiger partial charge >= 0.3 is 12.1 Å². The number of piperidine rings is 1. The van der Waals surface area contributed by atoms with Crippen molar-refractivity contribution in [1.82, 2.24) is 9.88 Å². The molecule has 0 saturated carbocycles. The zero-order chi connectivity index (χ0) is 25.6. The Kier molecular flexibility index (Phi) is 8.56. The Morgan fingerprint density at radius 2 is 1.89 bits per heavy atom. The molecule has 0 bridgehead atoms. The quantitative estimate of drug-likeness (QED) is 0.586. The average molecular weight is 504 g/mol. The van der Waals surface area contributed by atoms with Gasteiger partial charge in [0.1, 0.15) is 24.0 Å². The lowest BCUT2D eigenvalue weighted by Crippen LogP contribution is -2.48. The number of nitrogens with zero attached hydrogens (tertiary/aromatic N) is 3. The van der Waals surface area contributed by atoms with Gasteiger partial charge in [-0.1, -0.05) is 11.6 Å². The third-order valence-electron chi connectivity index (χ3n) is 5.34. The molecule has 0 aliphatic carbocycles. The van der Waals surface area contributed by atoms with Gasteiger partial charge in [0.05, 0.1) is 12.2 Å². The van der Waals surface area contributed by atoms with Crippen LogP contribution in [0.3, 0.4) is 0 Å². The minimum absolute atomic E-state index is 0.0942. The van der Waals surface area contributed by atoms with Crippen LogP contribution >= 0.6 is 11.6 Å². The minimum Gasteiger partial charge on any atom is -0.492 e. The molecule has 1 unspecified atom stereocenters. The number of benzene rings is 1. The Morgan fingerprint density at radius 1 is 1.17 bits per heavy atom. The molecule has 188 valence electrons. The lowest BCUT2D eigenvalue weighted by Gasteiger charge is -2.33. The third kappa shape index (κ3) is 7.32. The first-order valence-corrected chi connectivity index (χ1v) is 11.8. The van der Waals surface area contributed by atoms with Crippen LogP contribution in [0.25, 0.3) is 0 Å². The topological polar surface area (TPSA) is 109 Å². The van der Waals surface area contributed by atoms with E-state index in [1.165, 1.54) is 21.9 Å². The van der Waals surface area contributed by atoms with Crippen LogP contribution < -0.4 is 9.64 Å². The summed E-state index contributed by atoms with van der Waals surface area (Å²) in [5.74, 6) is -1.09. The van der Waals surface area contributed by atoms with Crippen molar-refractivity contribution < 1.29 is 29.0 Å². The van der Waals surface area contributed by atoms with Crippen LogP contribution in [0.2, 0.25) is 5.02 Å². The van der Waals surface area contributed by atoms with Crippen LogP contribution in [0.1, 0.15) is 50.4 Å². The van der Waals surface area contributed by atoms with Crippen LogP contribution in [0.15, 0.2) is 42.7 Å². The molecule has 1 aliphatic rings. The largest absolute Gasteiger partial charge is 0.492 e. The lowest BCUT2D eigenvalue weighted by atomic mass is 10.0. The summed E-state index contributed by atoms with van der Waals surface area (Å²) in [5.41, 5.74) is 0.177. The molecule has 2 heterocycles. The standard InChI is InChI=1S/C25H30ClN3O6/c1-25(2,3)35-24(33)28(19-7-9-27-10-8-19)12-13-34-20-15-17(14-18(26)16-20)22(30)29-11-5-4-6-21(29)23(31)32/h7-10,14-16,21H,4-6,11-13H2,1-3H3,(H,31,32). The third-order valence-corrected chi connectivity index (χ3v) is 5.56. The van der Waals surface area contributed by atoms with Gasteiger partial charge in [-0.15, -0.1) is 0 Å². The van der Waals surface area contributed by atoms with Crippen molar-refractivity contribution >= 4 is 35.3 Å². The van der Waals surface area contributed by atoms with Crippen LogP contribution in [-0.2, 0) is 9.53 Å². The van der Waals surface area contributed by atoms with Gasteiger partial charge in [-0.2, -0.15) is 0 Å². The molecule has 1 aliphatic heterocycles. The summed E-state index contributed by atoms with van der Waals surface area (Å²) in [6.07, 6.45) is 4.55. The number of anilines is 1. The Labute approximate surface area is 209 Å². The van der Waals surface area contributed by atoms with Gasteiger partial charge in [-0.05, 0) is 70.4 Å². The number of aliphatic carboxylic acids is 1. The van der Waals surface area contributed by atoms with E-state index in [9.17, 15) is 19.5 Å². The van der Waals surface area contributed by atoms with Crippen molar-refractivity contribution in [3.8, 4) is 5.75 Å². The highest BCUT2D eigenvalue weighted by Crippen LogP contribution is 2.26. The zero-order valence-electron chi connectivity index (χ0n) is 20.1. The molecule has 1 aromatic heterocycles. The number of aromatic nitrogens is 1. The fourth-order valence-corrected chi connectivity index (χ4v) is 4.01. The van der Waals surface area contributed by atoms with Crippen LogP contribution in [0, 0.1) is 0 Å². The second kappa shape index (κ2) is 11.4. The molecular weight excluding hydrogens is 474 g/mol. The van der Waals surface area contributed by atoms with Crippen molar-refractivity contribution in [2.45, 2.75) is 51.7 Å².